The van der Waals surface area contributed by atoms with E-state index in [1.165, 1.54) is 6.92 Å². The molecular formula is C5H7FO2. The molecule has 1 saturated carbocycles. The molecule has 0 amide bonds. The molecule has 0 spiro atoms. The highest BCUT2D eigenvalue weighted by Gasteiger charge is 2.57. The van der Waals surface area contributed by atoms with Crippen molar-refractivity contribution in [3.05, 3.63) is 0 Å². The number of carboxylic acid groups (broad SMARTS) is 1. The Labute approximate surface area is 46.3 Å². The van der Waals surface area contributed by atoms with E-state index >= 15 is 0 Å². The van der Waals surface area contributed by atoms with Crippen LogP contribution in [0.5, 0.6) is 0 Å². The summed E-state index contributed by atoms with van der Waals surface area (Å²) in [6.45, 7) is 1.42. The largest absolute Gasteiger partial charge is 0.481 e. The van der Waals surface area contributed by atoms with E-state index in [1.807, 2.05) is 0 Å². The summed E-state index contributed by atoms with van der Waals surface area (Å²) in [5, 5.41) is 8.24. The fourth-order valence-electron chi connectivity index (χ4n) is 0.535. The number of rotatable bonds is 1. The standard InChI is InChI=1S/C5H7FO2/c1-5(4(7)8)2-3(5)6/h3H,2H2,1H3,(H,7,8)/t3-,5+/m1/s1. The summed E-state index contributed by atoms with van der Waals surface area (Å²) < 4.78 is 12.0. The normalized spacial score (nSPS) is 44.0. The predicted molar refractivity (Wildman–Crippen MR) is 25.3 cm³/mol. The van der Waals surface area contributed by atoms with Crippen LogP contribution in [0.2, 0.25) is 0 Å². The lowest BCUT2D eigenvalue weighted by Gasteiger charge is -1.95. The predicted octanol–water partition coefficient (Wildman–Crippen LogP) is 0.819. The molecule has 1 rings (SSSR count). The van der Waals surface area contributed by atoms with Crippen LogP contribution in [0, 0.1) is 5.41 Å². The van der Waals surface area contributed by atoms with Gasteiger partial charge in [0.15, 0.2) is 0 Å². The summed E-state index contributed by atoms with van der Waals surface area (Å²) in [6.07, 6.45) is -0.928. The zero-order valence-corrected chi connectivity index (χ0v) is 4.52. The molecule has 0 aromatic heterocycles. The van der Waals surface area contributed by atoms with Crippen molar-refractivity contribution in [2.75, 3.05) is 0 Å². The van der Waals surface area contributed by atoms with Crippen molar-refractivity contribution in [2.45, 2.75) is 19.5 Å². The Morgan fingerprint density at radius 1 is 2.00 bits per heavy atom. The molecule has 1 N–H and O–H groups in total. The Hall–Kier alpha value is -0.600. The second-order valence-electron chi connectivity index (χ2n) is 2.39. The molecule has 0 aliphatic heterocycles. The molecule has 1 aliphatic carbocycles. The van der Waals surface area contributed by atoms with Crippen LogP contribution in [0.25, 0.3) is 0 Å². The van der Waals surface area contributed by atoms with E-state index in [1.54, 1.807) is 0 Å². The van der Waals surface area contributed by atoms with Gasteiger partial charge in [0.1, 0.15) is 6.17 Å². The molecule has 0 radical (unpaired) electrons. The van der Waals surface area contributed by atoms with Gasteiger partial charge in [-0.05, 0) is 13.3 Å². The highest BCUT2D eigenvalue weighted by atomic mass is 19.1. The van der Waals surface area contributed by atoms with Gasteiger partial charge in [-0.25, -0.2) is 4.39 Å². The van der Waals surface area contributed by atoms with Gasteiger partial charge in [-0.3, -0.25) is 4.79 Å². The van der Waals surface area contributed by atoms with Crippen molar-refractivity contribution >= 4 is 5.97 Å². The highest BCUT2D eigenvalue weighted by molar-refractivity contribution is 5.78. The summed E-state index contributed by atoms with van der Waals surface area (Å²) in [5.41, 5.74) is -1.04. The van der Waals surface area contributed by atoms with Crippen molar-refractivity contribution in [3.63, 3.8) is 0 Å². The number of alkyl halides is 1. The van der Waals surface area contributed by atoms with E-state index < -0.39 is 17.6 Å². The lowest BCUT2D eigenvalue weighted by atomic mass is 10.1. The summed E-state index contributed by atoms with van der Waals surface area (Å²) in [7, 11) is 0. The van der Waals surface area contributed by atoms with Gasteiger partial charge in [0, 0.05) is 0 Å². The van der Waals surface area contributed by atoms with Gasteiger partial charge in [-0.15, -0.1) is 0 Å². The molecule has 2 atom stereocenters. The number of carboxylic acids is 1. The molecule has 2 nitrogen and oxygen atoms in total. The molecule has 0 aromatic rings. The van der Waals surface area contributed by atoms with Crippen LogP contribution in [-0.4, -0.2) is 17.2 Å². The first-order chi connectivity index (χ1) is 3.57. The van der Waals surface area contributed by atoms with Gasteiger partial charge < -0.3 is 5.11 Å². The van der Waals surface area contributed by atoms with Crippen LogP contribution in [-0.2, 0) is 4.79 Å². The van der Waals surface area contributed by atoms with Gasteiger partial charge in [0.25, 0.3) is 0 Å². The van der Waals surface area contributed by atoms with Crippen LogP contribution in [0.4, 0.5) is 4.39 Å². The number of halogens is 1. The summed E-state index contributed by atoms with van der Waals surface area (Å²) in [6, 6.07) is 0. The Balaban J connectivity index is 2.60. The number of hydrogen-bond donors (Lipinski definition) is 1. The second-order valence-corrected chi connectivity index (χ2v) is 2.39. The van der Waals surface area contributed by atoms with Gasteiger partial charge >= 0.3 is 5.97 Å². The first kappa shape index (κ1) is 5.54. The number of carbonyl (C=O) groups is 1. The Kier molecular flexibility index (Phi) is 0.840. The smallest absolute Gasteiger partial charge is 0.312 e. The fourth-order valence-corrected chi connectivity index (χ4v) is 0.535. The summed E-state index contributed by atoms with van der Waals surface area (Å²) >= 11 is 0. The Bertz CT molecular complexity index is 134. The van der Waals surface area contributed by atoms with Gasteiger partial charge in [0.05, 0.1) is 5.41 Å². The van der Waals surface area contributed by atoms with Crippen molar-refractivity contribution in [1.82, 2.24) is 0 Å². The van der Waals surface area contributed by atoms with E-state index in [4.69, 9.17) is 5.11 Å². The third-order valence-corrected chi connectivity index (χ3v) is 1.62. The highest BCUT2D eigenvalue weighted by Crippen LogP contribution is 2.48. The number of hydrogen-bond acceptors (Lipinski definition) is 1. The maximum absolute atomic E-state index is 12.0. The minimum atomic E-state index is -1.11. The van der Waals surface area contributed by atoms with E-state index in [2.05, 4.69) is 0 Å². The van der Waals surface area contributed by atoms with E-state index in [9.17, 15) is 9.18 Å². The average Bonchev–Trinajstić information content (AvgIpc) is 2.17. The third kappa shape index (κ3) is 0.504. The van der Waals surface area contributed by atoms with Gasteiger partial charge in [0.2, 0.25) is 0 Å². The summed E-state index contributed by atoms with van der Waals surface area (Å²) in [5.74, 6) is -1.02. The Morgan fingerprint density at radius 3 is 2.38 bits per heavy atom. The molecule has 0 heterocycles. The molecule has 1 aliphatic rings. The first-order valence-electron chi connectivity index (χ1n) is 2.45. The Morgan fingerprint density at radius 2 is 2.38 bits per heavy atom. The van der Waals surface area contributed by atoms with E-state index in [0.717, 1.165) is 0 Å². The molecule has 3 heteroatoms. The van der Waals surface area contributed by atoms with Crippen molar-refractivity contribution < 1.29 is 14.3 Å². The zero-order valence-electron chi connectivity index (χ0n) is 4.52. The van der Waals surface area contributed by atoms with Crippen molar-refractivity contribution in [1.29, 1.82) is 0 Å². The topological polar surface area (TPSA) is 37.3 Å². The van der Waals surface area contributed by atoms with E-state index in [0.29, 0.717) is 0 Å². The van der Waals surface area contributed by atoms with Gasteiger partial charge in [-0.2, -0.15) is 0 Å². The zero-order chi connectivity index (χ0) is 6.36. The van der Waals surface area contributed by atoms with Crippen molar-refractivity contribution in [3.8, 4) is 0 Å². The van der Waals surface area contributed by atoms with Crippen LogP contribution in [0.3, 0.4) is 0 Å². The second kappa shape index (κ2) is 1.21. The molecule has 46 valence electrons. The molecule has 0 bridgehead atoms. The molecule has 1 fully saturated rings. The van der Waals surface area contributed by atoms with Crippen molar-refractivity contribution in [2.24, 2.45) is 5.41 Å². The van der Waals surface area contributed by atoms with Crippen LogP contribution >= 0.6 is 0 Å². The third-order valence-electron chi connectivity index (χ3n) is 1.62. The van der Waals surface area contributed by atoms with Crippen LogP contribution < -0.4 is 0 Å². The molecule has 8 heavy (non-hydrogen) atoms. The summed E-state index contributed by atoms with van der Waals surface area (Å²) in [4.78, 5) is 10.1. The fraction of sp³-hybridized carbons (Fsp3) is 0.800. The van der Waals surface area contributed by atoms with Crippen LogP contribution in [0.1, 0.15) is 13.3 Å². The maximum Gasteiger partial charge on any atom is 0.312 e. The number of aliphatic carboxylic acids is 1. The first-order valence-corrected chi connectivity index (χ1v) is 2.45. The monoisotopic (exact) mass is 118 g/mol. The lowest BCUT2D eigenvalue weighted by Crippen LogP contribution is -2.12. The lowest BCUT2D eigenvalue weighted by molar-refractivity contribution is -0.143. The molecule has 0 unspecified atom stereocenters. The SMILES string of the molecule is C[C@]1(C(=O)O)C[C@H]1F. The quantitative estimate of drug-likeness (QED) is 0.553. The molecule has 0 saturated heterocycles. The minimum absolute atomic E-state index is 0.183. The average molecular weight is 118 g/mol. The maximum atomic E-state index is 12.0. The molecular weight excluding hydrogens is 111 g/mol. The molecule has 0 aromatic carbocycles. The van der Waals surface area contributed by atoms with E-state index in [-0.39, 0.29) is 6.42 Å². The van der Waals surface area contributed by atoms with Gasteiger partial charge in [-0.1, -0.05) is 0 Å². The van der Waals surface area contributed by atoms with Crippen LogP contribution in [0.15, 0.2) is 0 Å². The minimum Gasteiger partial charge on any atom is -0.481 e.